The van der Waals surface area contributed by atoms with E-state index in [2.05, 4.69) is 39.2 Å². The van der Waals surface area contributed by atoms with E-state index in [4.69, 9.17) is 0 Å². The van der Waals surface area contributed by atoms with Gasteiger partial charge in [0.05, 0.1) is 0 Å². The van der Waals surface area contributed by atoms with Crippen LogP contribution in [0, 0.1) is 0 Å². The third-order valence-corrected chi connectivity index (χ3v) is 5.17. The zero-order valence-electron chi connectivity index (χ0n) is 9.21. The summed E-state index contributed by atoms with van der Waals surface area (Å²) >= 11 is 5.49. The summed E-state index contributed by atoms with van der Waals surface area (Å²) in [6.07, 6.45) is 5.47. The Morgan fingerprint density at radius 3 is 3.07 bits per heavy atom. The minimum Gasteiger partial charge on any atom is -0.295 e. The number of hydrogen-bond donors (Lipinski definition) is 0. The molecule has 1 fully saturated rings. The molecular weight excluding hydrogens is 270 g/mol. The van der Waals surface area contributed by atoms with Crippen molar-refractivity contribution in [3.63, 3.8) is 0 Å². The van der Waals surface area contributed by atoms with E-state index in [1.54, 1.807) is 0 Å². The van der Waals surface area contributed by atoms with Crippen molar-refractivity contribution in [2.75, 3.05) is 6.54 Å². The van der Waals surface area contributed by atoms with Gasteiger partial charge in [-0.15, -0.1) is 11.3 Å². The van der Waals surface area contributed by atoms with Crippen molar-refractivity contribution in [2.24, 2.45) is 0 Å². The maximum Gasteiger partial charge on any atom is 0.0342 e. The van der Waals surface area contributed by atoms with Gasteiger partial charge in [-0.1, -0.05) is 13.3 Å². The van der Waals surface area contributed by atoms with Crippen LogP contribution in [-0.2, 0) is 6.54 Å². The lowest BCUT2D eigenvalue weighted by atomic mass is 10.00. The largest absolute Gasteiger partial charge is 0.295 e. The van der Waals surface area contributed by atoms with Gasteiger partial charge in [0, 0.05) is 21.9 Å². The third kappa shape index (κ3) is 2.83. The fraction of sp³-hybridized carbons (Fsp3) is 0.667. The van der Waals surface area contributed by atoms with Gasteiger partial charge in [0.25, 0.3) is 0 Å². The van der Waals surface area contributed by atoms with E-state index in [0.717, 1.165) is 12.6 Å². The van der Waals surface area contributed by atoms with Gasteiger partial charge in [-0.05, 0) is 53.2 Å². The van der Waals surface area contributed by atoms with E-state index in [0.29, 0.717) is 0 Å². The lowest BCUT2D eigenvalue weighted by Gasteiger charge is -2.34. The lowest BCUT2D eigenvalue weighted by molar-refractivity contribution is 0.137. The summed E-state index contributed by atoms with van der Waals surface area (Å²) in [4.78, 5) is 4.13. The summed E-state index contributed by atoms with van der Waals surface area (Å²) in [7, 11) is 0. The number of likely N-dealkylation sites (tertiary alicyclic amines) is 1. The van der Waals surface area contributed by atoms with E-state index in [9.17, 15) is 0 Å². The van der Waals surface area contributed by atoms with Crippen LogP contribution in [0.5, 0.6) is 0 Å². The minimum atomic E-state index is 0.813. The Kier molecular flexibility index (Phi) is 4.23. The van der Waals surface area contributed by atoms with Crippen molar-refractivity contribution in [1.29, 1.82) is 0 Å². The smallest absolute Gasteiger partial charge is 0.0342 e. The van der Waals surface area contributed by atoms with Gasteiger partial charge in [0.2, 0.25) is 0 Å². The Bertz CT molecular complexity index is 310. The SMILES string of the molecule is CCC1CCCCN1Cc1sccc1Br. The molecule has 0 saturated carbocycles. The van der Waals surface area contributed by atoms with Crippen molar-refractivity contribution in [2.45, 2.75) is 45.2 Å². The first-order valence-corrected chi connectivity index (χ1v) is 7.44. The lowest BCUT2D eigenvalue weighted by Crippen LogP contribution is -2.38. The standard InChI is InChI=1S/C12H18BrNS/c1-2-10-5-3-4-7-14(10)9-12-11(13)6-8-15-12/h6,8,10H,2-5,7,9H2,1H3. The van der Waals surface area contributed by atoms with Gasteiger partial charge in [-0.2, -0.15) is 0 Å². The Morgan fingerprint density at radius 2 is 2.40 bits per heavy atom. The highest BCUT2D eigenvalue weighted by Crippen LogP contribution is 2.28. The molecule has 2 heterocycles. The minimum absolute atomic E-state index is 0.813. The topological polar surface area (TPSA) is 3.24 Å². The molecule has 0 spiro atoms. The van der Waals surface area contributed by atoms with Crippen LogP contribution in [0.25, 0.3) is 0 Å². The van der Waals surface area contributed by atoms with E-state index < -0.39 is 0 Å². The number of nitrogens with zero attached hydrogens (tertiary/aromatic N) is 1. The van der Waals surface area contributed by atoms with E-state index in [1.165, 1.54) is 41.6 Å². The molecule has 0 aromatic carbocycles. The summed E-state index contributed by atoms with van der Waals surface area (Å²) in [6.45, 7) is 4.73. The third-order valence-electron chi connectivity index (χ3n) is 3.26. The first-order chi connectivity index (χ1) is 7.31. The molecular formula is C12H18BrNS. The van der Waals surface area contributed by atoms with Crippen LogP contribution in [-0.4, -0.2) is 17.5 Å². The average Bonchev–Trinajstić information content (AvgIpc) is 2.65. The summed E-state index contributed by atoms with van der Waals surface area (Å²) in [5.41, 5.74) is 0. The number of thiophene rings is 1. The molecule has 2 rings (SSSR count). The maximum absolute atomic E-state index is 3.62. The van der Waals surface area contributed by atoms with Crippen LogP contribution in [0.1, 0.15) is 37.5 Å². The second-order valence-electron chi connectivity index (χ2n) is 4.22. The van der Waals surface area contributed by atoms with Gasteiger partial charge in [-0.3, -0.25) is 4.90 Å². The molecule has 3 heteroatoms. The van der Waals surface area contributed by atoms with Crippen molar-refractivity contribution in [3.05, 3.63) is 20.8 Å². The zero-order valence-corrected chi connectivity index (χ0v) is 11.6. The van der Waals surface area contributed by atoms with Crippen LogP contribution >= 0.6 is 27.3 Å². The highest BCUT2D eigenvalue weighted by molar-refractivity contribution is 9.10. The molecule has 0 radical (unpaired) electrons. The van der Waals surface area contributed by atoms with Crippen LogP contribution in [0.3, 0.4) is 0 Å². The Labute approximate surface area is 105 Å². The molecule has 84 valence electrons. The average molecular weight is 288 g/mol. The maximum atomic E-state index is 3.62. The number of piperidine rings is 1. The van der Waals surface area contributed by atoms with Crippen molar-refractivity contribution >= 4 is 27.3 Å². The molecule has 0 aliphatic carbocycles. The van der Waals surface area contributed by atoms with E-state index >= 15 is 0 Å². The monoisotopic (exact) mass is 287 g/mol. The highest BCUT2D eigenvalue weighted by atomic mass is 79.9. The molecule has 1 nitrogen and oxygen atoms in total. The van der Waals surface area contributed by atoms with Gasteiger partial charge < -0.3 is 0 Å². The Morgan fingerprint density at radius 1 is 1.53 bits per heavy atom. The Balaban J connectivity index is 2.00. The quantitative estimate of drug-likeness (QED) is 0.802. The normalized spacial score (nSPS) is 23.2. The van der Waals surface area contributed by atoms with Crippen LogP contribution in [0.4, 0.5) is 0 Å². The fourth-order valence-electron chi connectivity index (χ4n) is 2.35. The summed E-state index contributed by atoms with van der Waals surface area (Å²) < 4.78 is 1.29. The summed E-state index contributed by atoms with van der Waals surface area (Å²) in [5.74, 6) is 0. The predicted octanol–water partition coefficient (Wildman–Crippen LogP) is 4.28. The second-order valence-corrected chi connectivity index (χ2v) is 6.08. The van der Waals surface area contributed by atoms with Gasteiger partial charge in [-0.25, -0.2) is 0 Å². The summed E-state index contributed by atoms with van der Waals surface area (Å²) in [5, 5.41) is 2.17. The summed E-state index contributed by atoms with van der Waals surface area (Å²) in [6, 6.07) is 2.97. The number of halogens is 1. The predicted molar refractivity (Wildman–Crippen MR) is 70.4 cm³/mol. The molecule has 1 atom stereocenters. The van der Waals surface area contributed by atoms with Crippen LogP contribution in [0.15, 0.2) is 15.9 Å². The van der Waals surface area contributed by atoms with E-state index in [-0.39, 0.29) is 0 Å². The molecule has 1 saturated heterocycles. The molecule has 1 aromatic heterocycles. The van der Waals surface area contributed by atoms with Gasteiger partial charge >= 0.3 is 0 Å². The molecule has 0 amide bonds. The molecule has 0 N–H and O–H groups in total. The fourth-order valence-corrected chi connectivity index (χ4v) is 3.86. The zero-order chi connectivity index (χ0) is 10.7. The molecule has 1 aromatic rings. The second kappa shape index (κ2) is 5.46. The highest BCUT2D eigenvalue weighted by Gasteiger charge is 2.21. The van der Waals surface area contributed by atoms with Crippen molar-refractivity contribution in [3.8, 4) is 0 Å². The van der Waals surface area contributed by atoms with Gasteiger partial charge in [0.15, 0.2) is 0 Å². The van der Waals surface area contributed by atoms with Crippen LogP contribution < -0.4 is 0 Å². The molecule has 15 heavy (non-hydrogen) atoms. The molecule has 1 unspecified atom stereocenters. The molecule has 0 bridgehead atoms. The molecule has 1 aliphatic rings. The van der Waals surface area contributed by atoms with E-state index in [1.807, 2.05) is 11.3 Å². The first kappa shape index (κ1) is 11.6. The first-order valence-electron chi connectivity index (χ1n) is 5.77. The van der Waals surface area contributed by atoms with Crippen molar-refractivity contribution < 1.29 is 0 Å². The van der Waals surface area contributed by atoms with Crippen LogP contribution in [0.2, 0.25) is 0 Å². The van der Waals surface area contributed by atoms with Crippen molar-refractivity contribution in [1.82, 2.24) is 4.90 Å². The number of rotatable bonds is 3. The number of hydrogen-bond acceptors (Lipinski definition) is 2. The molecule has 1 aliphatic heterocycles. The van der Waals surface area contributed by atoms with Gasteiger partial charge in [0.1, 0.15) is 0 Å². The Hall–Kier alpha value is 0.140.